The highest BCUT2D eigenvalue weighted by molar-refractivity contribution is 5.94. The van der Waals surface area contributed by atoms with E-state index in [-0.39, 0.29) is 5.91 Å². The summed E-state index contributed by atoms with van der Waals surface area (Å²) in [4.78, 5) is 12.2. The Hall–Kier alpha value is -2.55. The zero-order valence-corrected chi connectivity index (χ0v) is 13.5. The summed E-state index contributed by atoms with van der Waals surface area (Å²) in [5, 5.41) is 2.97. The summed E-state index contributed by atoms with van der Waals surface area (Å²) < 4.78 is 5.30. The third-order valence-corrected chi connectivity index (χ3v) is 3.68. The van der Waals surface area contributed by atoms with E-state index in [1.807, 2.05) is 30.3 Å². The van der Waals surface area contributed by atoms with E-state index in [1.165, 1.54) is 5.56 Å². The number of allylic oxidation sites excluding steroid dienone is 1. The van der Waals surface area contributed by atoms with E-state index in [4.69, 9.17) is 4.74 Å². The van der Waals surface area contributed by atoms with E-state index in [9.17, 15) is 4.79 Å². The van der Waals surface area contributed by atoms with Crippen LogP contribution < -0.4 is 10.1 Å². The minimum absolute atomic E-state index is 0.0500. The number of hydrogen-bond acceptors (Lipinski definition) is 2. The molecule has 2 aromatic rings. The molecule has 3 nitrogen and oxygen atoms in total. The SMILES string of the molecule is C=CCc1cc(C(=O)NCCCc2ccccc2)ccc1OC. The minimum Gasteiger partial charge on any atom is -0.496 e. The smallest absolute Gasteiger partial charge is 0.251 e. The topological polar surface area (TPSA) is 38.3 Å². The van der Waals surface area contributed by atoms with Crippen molar-refractivity contribution >= 4 is 5.91 Å². The molecule has 1 amide bonds. The van der Waals surface area contributed by atoms with Crippen LogP contribution in [0.5, 0.6) is 5.75 Å². The number of rotatable bonds is 8. The molecule has 0 saturated carbocycles. The van der Waals surface area contributed by atoms with Crippen LogP contribution in [0.1, 0.15) is 27.9 Å². The van der Waals surface area contributed by atoms with Crippen molar-refractivity contribution in [1.82, 2.24) is 5.32 Å². The maximum absolute atomic E-state index is 12.2. The molecule has 120 valence electrons. The van der Waals surface area contributed by atoms with Gasteiger partial charge in [-0.2, -0.15) is 0 Å². The van der Waals surface area contributed by atoms with Gasteiger partial charge in [-0.25, -0.2) is 0 Å². The Morgan fingerprint density at radius 2 is 2.00 bits per heavy atom. The number of carbonyl (C=O) groups excluding carboxylic acids is 1. The fraction of sp³-hybridized carbons (Fsp3) is 0.250. The standard InChI is InChI=1S/C20H23NO2/c1-3-8-17-15-18(12-13-19(17)23-2)20(22)21-14-7-11-16-9-5-4-6-10-16/h3-6,9-10,12-13,15H,1,7-8,11,14H2,2H3,(H,21,22). The molecule has 0 atom stereocenters. The zero-order valence-electron chi connectivity index (χ0n) is 13.5. The predicted molar refractivity (Wildman–Crippen MR) is 94.0 cm³/mol. The van der Waals surface area contributed by atoms with Crippen LogP contribution >= 0.6 is 0 Å². The van der Waals surface area contributed by atoms with E-state index in [0.717, 1.165) is 24.2 Å². The Morgan fingerprint density at radius 3 is 2.70 bits per heavy atom. The van der Waals surface area contributed by atoms with Gasteiger partial charge in [-0.1, -0.05) is 36.4 Å². The largest absolute Gasteiger partial charge is 0.496 e. The molecule has 1 N–H and O–H groups in total. The molecule has 0 aliphatic heterocycles. The number of benzene rings is 2. The van der Waals surface area contributed by atoms with Crippen molar-refractivity contribution in [3.63, 3.8) is 0 Å². The van der Waals surface area contributed by atoms with Gasteiger partial charge in [0.1, 0.15) is 5.75 Å². The van der Waals surface area contributed by atoms with E-state index in [2.05, 4.69) is 24.0 Å². The lowest BCUT2D eigenvalue weighted by molar-refractivity contribution is 0.0953. The normalized spacial score (nSPS) is 10.1. The van der Waals surface area contributed by atoms with Crippen LogP contribution in [0.3, 0.4) is 0 Å². The molecule has 0 bridgehead atoms. The monoisotopic (exact) mass is 309 g/mol. The first-order chi connectivity index (χ1) is 11.2. The second-order valence-electron chi connectivity index (χ2n) is 5.36. The lowest BCUT2D eigenvalue weighted by Crippen LogP contribution is -2.24. The van der Waals surface area contributed by atoms with Gasteiger partial charge in [-0.3, -0.25) is 4.79 Å². The van der Waals surface area contributed by atoms with Crippen LogP contribution in [0.4, 0.5) is 0 Å². The minimum atomic E-state index is -0.0500. The summed E-state index contributed by atoms with van der Waals surface area (Å²) >= 11 is 0. The van der Waals surface area contributed by atoms with Crippen molar-refractivity contribution in [2.24, 2.45) is 0 Å². The Balaban J connectivity index is 1.87. The summed E-state index contributed by atoms with van der Waals surface area (Å²) in [5.74, 6) is 0.733. The molecular weight excluding hydrogens is 286 g/mol. The van der Waals surface area contributed by atoms with Crippen LogP contribution in [0.25, 0.3) is 0 Å². The van der Waals surface area contributed by atoms with Crippen molar-refractivity contribution in [3.05, 3.63) is 77.9 Å². The third-order valence-electron chi connectivity index (χ3n) is 3.68. The average molecular weight is 309 g/mol. The number of hydrogen-bond donors (Lipinski definition) is 1. The number of nitrogens with one attached hydrogen (secondary N) is 1. The molecular formula is C20H23NO2. The lowest BCUT2D eigenvalue weighted by Gasteiger charge is -2.10. The quantitative estimate of drug-likeness (QED) is 0.595. The predicted octanol–water partition coefficient (Wildman–Crippen LogP) is 3.79. The maximum Gasteiger partial charge on any atom is 0.251 e. The van der Waals surface area contributed by atoms with Crippen LogP contribution in [0.15, 0.2) is 61.2 Å². The first-order valence-corrected chi connectivity index (χ1v) is 7.84. The van der Waals surface area contributed by atoms with Gasteiger partial charge < -0.3 is 10.1 Å². The highest BCUT2D eigenvalue weighted by Crippen LogP contribution is 2.20. The number of carbonyl (C=O) groups is 1. The second-order valence-corrected chi connectivity index (χ2v) is 5.36. The van der Waals surface area contributed by atoms with Crippen molar-refractivity contribution in [2.45, 2.75) is 19.3 Å². The first kappa shape index (κ1) is 16.8. The summed E-state index contributed by atoms with van der Waals surface area (Å²) in [6, 6.07) is 15.8. The van der Waals surface area contributed by atoms with Crippen molar-refractivity contribution < 1.29 is 9.53 Å². The molecule has 0 spiro atoms. The highest BCUT2D eigenvalue weighted by atomic mass is 16.5. The lowest BCUT2D eigenvalue weighted by atomic mass is 10.1. The van der Waals surface area contributed by atoms with Crippen molar-refractivity contribution in [2.75, 3.05) is 13.7 Å². The van der Waals surface area contributed by atoms with Gasteiger partial charge in [-0.15, -0.1) is 6.58 Å². The third kappa shape index (κ3) is 4.99. The van der Waals surface area contributed by atoms with Crippen LogP contribution in [0.2, 0.25) is 0 Å². The summed E-state index contributed by atoms with van der Waals surface area (Å²) in [6.45, 7) is 4.40. The number of aryl methyl sites for hydroxylation is 1. The molecule has 0 radical (unpaired) electrons. The molecule has 2 aromatic carbocycles. The first-order valence-electron chi connectivity index (χ1n) is 7.84. The Kier molecular flexibility index (Phi) is 6.42. The maximum atomic E-state index is 12.2. The Labute approximate surface area is 138 Å². The van der Waals surface area contributed by atoms with Crippen LogP contribution in [-0.4, -0.2) is 19.6 Å². The summed E-state index contributed by atoms with van der Waals surface area (Å²) in [5.41, 5.74) is 2.92. The molecule has 2 rings (SSSR count). The number of ether oxygens (including phenoxy) is 1. The van der Waals surface area contributed by atoms with E-state index < -0.39 is 0 Å². The van der Waals surface area contributed by atoms with Gasteiger partial charge >= 0.3 is 0 Å². The van der Waals surface area contributed by atoms with E-state index in [0.29, 0.717) is 18.5 Å². The molecule has 23 heavy (non-hydrogen) atoms. The zero-order chi connectivity index (χ0) is 16.5. The van der Waals surface area contributed by atoms with E-state index >= 15 is 0 Å². The van der Waals surface area contributed by atoms with Gasteiger partial charge in [0.05, 0.1) is 7.11 Å². The fourth-order valence-corrected chi connectivity index (χ4v) is 2.48. The highest BCUT2D eigenvalue weighted by Gasteiger charge is 2.09. The van der Waals surface area contributed by atoms with Gasteiger partial charge in [0, 0.05) is 12.1 Å². The number of methoxy groups -OCH3 is 1. The molecule has 0 unspecified atom stereocenters. The second kappa shape index (κ2) is 8.79. The molecule has 0 saturated heterocycles. The summed E-state index contributed by atoms with van der Waals surface area (Å²) in [7, 11) is 1.63. The van der Waals surface area contributed by atoms with Crippen molar-refractivity contribution in [3.8, 4) is 5.75 Å². The van der Waals surface area contributed by atoms with Crippen molar-refractivity contribution in [1.29, 1.82) is 0 Å². The van der Waals surface area contributed by atoms with Gasteiger partial charge in [0.25, 0.3) is 5.91 Å². The fourth-order valence-electron chi connectivity index (χ4n) is 2.48. The molecule has 0 aliphatic rings. The Morgan fingerprint density at radius 1 is 1.22 bits per heavy atom. The average Bonchev–Trinajstić information content (AvgIpc) is 2.59. The molecule has 0 aromatic heterocycles. The van der Waals surface area contributed by atoms with Gasteiger partial charge in [0.15, 0.2) is 0 Å². The van der Waals surface area contributed by atoms with Gasteiger partial charge in [0.2, 0.25) is 0 Å². The van der Waals surface area contributed by atoms with Crippen LogP contribution in [0, 0.1) is 0 Å². The number of amides is 1. The van der Waals surface area contributed by atoms with E-state index in [1.54, 1.807) is 19.3 Å². The van der Waals surface area contributed by atoms with Gasteiger partial charge in [-0.05, 0) is 48.6 Å². The molecule has 0 aliphatic carbocycles. The Bertz CT molecular complexity index is 650. The van der Waals surface area contributed by atoms with Crippen LogP contribution in [-0.2, 0) is 12.8 Å². The molecule has 0 fully saturated rings. The summed E-state index contributed by atoms with van der Waals surface area (Å²) in [6.07, 6.45) is 4.37. The molecule has 3 heteroatoms. The molecule has 0 heterocycles.